The summed E-state index contributed by atoms with van der Waals surface area (Å²) in [6.07, 6.45) is 5.00. The van der Waals surface area contributed by atoms with Gasteiger partial charge in [0.1, 0.15) is 0 Å². The second-order valence-electron chi connectivity index (χ2n) is 5.61. The van der Waals surface area contributed by atoms with Crippen LogP contribution in [0.15, 0.2) is 17.6 Å². The predicted octanol–water partition coefficient (Wildman–Crippen LogP) is 1.29. The number of hydrogen-bond donors (Lipinski definition) is 2. The van der Waals surface area contributed by atoms with E-state index in [1.54, 1.807) is 22.2 Å². The molecular formula is C14H17N5OS. The van der Waals surface area contributed by atoms with Crippen LogP contribution >= 0.6 is 11.3 Å². The van der Waals surface area contributed by atoms with Gasteiger partial charge in [-0.1, -0.05) is 5.21 Å². The van der Waals surface area contributed by atoms with E-state index in [1.165, 1.54) is 10.4 Å². The summed E-state index contributed by atoms with van der Waals surface area (Å²) in [6, 6.07) is 2.57. The predicted molar refractivity (Wildman–Crippen MR) is 79.4 cm³/mol. The Kier molecular flexibility index (Phi) is 3.23. The van der Waals surface area contributed by atoms with Crippen LogP contribution in [-0.4, -0.2) is 34.0 Å². The fraction of sp³-hybridized carbons (Fsp3) is 0.500. The molecule has 2 N–H and O–H groups in total. The molecule has 1 unspecified atom stereocenters. The molecule has 1 saturated heterocycles. The van der Waals surface area contributed by atoms with E-state index in [9.17, 15) is 4.79 Å². The van der Waals surface area contributed by atoms with Gasteiger partial charge in [0.05, 0.1) is 18.3 Å². The zero-order chi connectivity index (χ0) is 14.2. The van der Waals surface area contributed by atoms with Crippen LogP contribution in [0.25, 0.3) is 0 Å². The molecule has 21 heavy (non-hydrogen) atoms. The van der Waals surface area contributed by atoms with Gasteiger partial charge in [0.25, 0.3) is 5.91 Å². The van der Waals surface area contributed by atoms with Crippen LogP contribution in [0.3, 0.4) is 0 Å². The molecule has 0 spiro atoms. The van der Waals surface area contributed by atoms with Crippen molar-refractivity contribution in [1.29, 1.82) is 0 Å². The van der Waals surface area contributed by atoms with E-state index in [1.807, 2.05) is 0 Å². The molecular weight excluding hydrogens is 286 g/mol. The van der Waals surface area contributed by atoms with Crippen molar-refractivity contribution in [2.45, 2.75) is 31.3 Å². The van der Waals surface area contributed by atoms with E-state index < -0.39 is 0 Å². The van der Waals surface area contributed by atoms with E-state index in [0.717, 1.165) is 32.4 Å². The molecule has 1 aliphatic heterocycles. The Bertz CT molecular complexity index is 660. The monoisotopic (exact) mass is 303 g/mol. The van der Waals surface area contributed by atoms with Crippen LogP contribution in [0.1, 0.15) is 45.9 Å². The first-order chi connectivity index (χ1) is 10.3. The highest BCUT2D eigenvalue weighted by Crippen LogP contribution is 2.33. The Morgan fingerprint density at radius 2 is 2.38 bits per heavy atom. The van der Waals surface area contributed by atoms with Crippen molar-refractivity contribution < 1.29 is 4.79 Å². The Balaban J connectivity index is 1.47. The zero-order valence-electron chi connectivity index (χ0n) is 11.6. The van der Waals surface area contributed by atoms with Crippen LogP contribution < -0.4 is 10.6 Å². The maximum atomic E-state index is 12.3. The van der Waals surface area contributed by atoms with Crippen LogP contribution in [0, 0.1) is 0 Å². The molecule has 2 aromatic rings. The summed E-state index contributed by atoms with van der Waals surface area (Å²) in [7, 11) is 0. The molecule has 0 saturated carbocycles. The quantitative estimate of drug-likeness (QED) is 0.896. The minimum absolute atomic E-state index is 0.114. The Morgan fingerprint density at radius 3 is 3.19 bits per heavy atom. The molecule has 110 valence electrons. The minimum Gasteiger partial charge on any atom is -0.344 e. The first-order valence-electron chi connectivity index (χ1n) is 7.31. The first kappa shape index (κ1) is 13.0. The average molecular weight is 303 g/mol. The highest BCUT2D eigenvalue weighted by atomic mass is 32.1. The number of nitrogens with zero attached hydrogens (tertiary/aromatic N) is 3. The second kappa shape index (κ2) is 5.23. The van der Waals surface area contributed by atoms with Gasteiger partial charge < -0.3 is 10.6 Å². The van der Waals surface area contributed by atoms with Gasteiger partial charge in [-0.05, 0) is 36.3 Å². The van der Waals surface area contributed by atoms with Crippen molar-refractivity contribution in [3.8, 4) is 0 Å². The number of fused-ring (bicyclic) bond motifs is 1. The number of amides is 1. The molecule has 1 fully saturated rings. The number of rotatable bonds is 3. The van der Waals surface area contributed by atoms with Gasteiger partial charge in [0.15, 0.2) is 5.69 Å². The lowest BCUT2D eigenvalue weighted by molar-refractivity contribution is 0.0927. The lowest BCUT2D eigenvalue weighted by Gasteiger charge is -2.26. The topological polar surface area (TPSA) is 71.8 Å². The van der Waals surface area contributed by atoms with Gasteiger partial charge in [0, 0.05) is 18.0 Å². The molecule has 7 heteroatoms. The summed E-state index contributed by atoms with van der Waals surface area (Å²) in [6.45, 7) is 1.79. The van der Waals surface area contributed by atoms with Crippen molar-refractivity contribution in [3.63, 3.8) is 0 Å². The smallest absolute Gasteiger partial charge is 0.273 e. The summed E-state index contributed by atoms with van der Waals surface area (Å²) in [5, 5.41) is 16.5. The van der Waals surface area contributed by atoms with Crippen LogP contribution in [0.4, 0.5) is 0 Å². The Morgan fingerprint density at radius 1 is 1.48 bits per heavy atom. The van der Waals surface area contributed by atoms with E-state index in [2.05, 4.69) is 32.4 Å². The minimum atomic E-state index is -0.127. The Labute approximate surface area is 126 Å². The maximum Gasteiger partial charge on any atom is 0.273 e. The van der Waals surface area contributed by atoms with E-state index >= 15 is 0 Å². The normalized spacial score (nSPS) is 21.6. The van der Waals surface area contributed by atoms with Crippen LogP contribution in [0.5, 0.6) is 0 Å². The third-order valence-electron chi connectivity index (χ3n) is 4.23. The molecule has 0 radical (unpaired) electrons. The number of carbonyl (C=O) groups is 1. The van der Waals surface area contributed by atoms with Crippen molar-refractivity contribution >= 4 is 17.2 Å². The van der Waals surface area contributed by atoms with Crippen molar-refractivity contribution in [3.05, 3.63) is 33.8 Å². The molecule has 1 aliphatic carbocycles. The van der Waals surface area contributed by atoms with Gasteiger partial charge in [-0.15, -0.1) is 16.4 Å². The molecule has 6 nitrogen and oxygen atoms in total. The molecule has 2 aliphatic rings. The van der Waals surface area contributed by atoms with Crippen molar-refractivity contribution in [2.24, 2.45) is 0 Å². The average Bonchev–Trinajstić information content (AvgIpc) is 3.05. The number of aromatic nitrogens is 3. The fourth-order valence-electron chi connectivity index (χ4n) is 2.89. The zero-order valence-corrected chi connectivity index (χ0v) is 12.4. The number of thiophene rings is 1. The molecule has 1 amide bonds. The van der Waals surface area contributed by atoms with Gasteiger partial charge in [-0.3, -0.25) is 4.79 Å². The third-order valence-corrected chi connectivity index (χ3v) is 5.23. The fourth-order valence-corrected chi connectivity index (χ4v) is 3.88. The van der Waals surface area contributed by atoms with E-state index in [-0.39, 0.29) is 11.9 Å². The largest absolute Gasteiger partial charge is 0.344 e. The third kappa shape index (κ3) is 2.36. The lowest BCUT2D eigenvalue weighted by atomic mass is 9.94. The van der Waals surface area contributed by atoms with Gasteiger partial charge in [-0.2, -0.15) is 0 Å². The lowest BCUT2D eigenvalue weighted by Crippen LogP contribution is -2.43. The molecule has 0 aromatic carbocycles. The van der Waals surface area contributed by atoms with Gasteiger partial charge in [0.2, 0.25) is 0 Å². The molecule has 3 heterocycles. The van der Waals surface area contributed by atoms with E-state index in [4.69, 9.17) is 0 Å². The van der Waals surface area contributed by atoms with Crippen LogP contribution in [-0.2, 0) is 6.42 Å². The highest BCUT2D eigenvalue weighted by Gasteiger charge is 2.25. The summed E-state index contributed by atoms with van der Waals surface area (Å²) in [5.41, 5.74) is 1.68. The molecule has 1 atom stereocenters. The molecule has 0 bridgehead atoms. The number of carbonyl (C=O) groups excluding carboxylic acids is 1. The standard InChI is InChI=1S/C14H17N5OS/c20-14(12-8-19(18-17-12)9-6-15-7-9)16-11-2-1-3-13-10(11)4-5-21-13/h4-5,8-9,11,15H,1-3,6-7H2,(H,16,20). The molecule has 4 rings (SSSR count). The second-order valence-corrected chi connectivity index (χ2v) is 6.61. The maximum absolute atomic E-state index is 12.3. The number of hydrogen-bond acceptors (Lipinski definition) is 5. The van der Waals surface area contributed by atoms with Crippen LogP contribution in [0.2, 0.25) is 0 Å². The summed E-state index contributed by atoms with van der Waals surface area (Å²) >= 11 is 1.78. The first-order valence-corrected chi connectivity index (χ1v) is 8.19. The number of aryl methyl sites for hydroxylation is 1. The molecule has 2 aromatic heterocycles. The summed E-state index contributed by atoms with van der Waals surface area (Å²) < 4.78 is 1.78. The van der Waals surface area contributed by atoms with Crippen molar-refractivity contribution in [1.82, 2.24) is 25.6 Å². The Hall–Kier alpha value is -1.73. The van der Waals surface area contributed by atoms with E-state index in [0.29, 0.717) is 11.7 Å². The summed E-state index contributed by atoms with van der Waals surface area (Å²) in [4.78, 5) is 13.7. The summed E-state index contributed by atoms with van der Waals surface area (Å²) in [5.74, 6) is -0.127. The number of nitrogens with one attached hydrogen (secondary N) is 2. The SMILES string of the molecule is O=C(NC1CCCc2sccc21)c1cn(C2CNC2)nn1. The van der Waals surface area contributed by atoms with Gasteiger partial charge >= 0.3 is 0 Å². The highest BCUT2D eigenvalue weighted by molar-refractivity contribution is 7.10. The van der Waals surface area contributed by atoms with Gasteiger partial charge in [-0.25, -0.2) is 4.68 Å². The van der Waals surface area contributed by atoms with Crippen molar-refractivity contribution in [2.75, 3.05) is 13.1 Å².